The fourth-order valence-electron chi connectivity index (χ4n) is 2.80. The van der Waals surface area contributed by atoms with Gasteiger partial charge in [-0.05, 0) is 69.2 Å². The predicted molar refractivity (Wildman–Crippen MR) is 112 cm³/mol. The quantitative estimate of drug-likeness (QED) is 0.514. The molecule has 0 saturated heterocycles. The van der Waals surface area contributed by atoms with Crippen LogP contribution in [-0.4, -0.2) is 31.5 Å². The summed E-state index contributed by atoms with van der Waals surface area (Å²) in [5, 5.41) is 0. The van der Waals surface area contributed by atoms with Crippen molar-refractivity contribution < 1.29 is 14.3 Å². The molecule has 6 heteroatoms. The number of hydrogen-bond acceptors (Lipinski definition) is 4. The van der Waals surface area contributed by atoms with Crippen molar-refractivity contribution in [2.45, 2.75) is 33.6 Å². The van der Waals surface area contributed by atoms with Crippen LogP contribution in [-0.2, 0) is 4.79 Å². The second-order valence-electron chi connectivity index (χ2n) is 6.49. The van der Waals surface area contributed by atoms with Crippen LogP contribution < -0.4 is 20.5 Å². The van der Waals surface area contributed by atoms with Gasteiger partial charge in [0.2, 0.25) is 5.91 Å². The highest BCUT2D eigenvalue weighted by Crippen LogP contribution is 2.15. The van der Waals surface area contributed by atoms with Gasteiger partial charge in [0.15, 0.2) is 0 Å². The molecule has 0 bridgehead atoms. The molecule has 0 aliphatic carbocycles. The van der Waals surface area contributed by atoms with E-state index in [9.17, 15) is 9.59 Å². The molecule has 0 heterocycles. The van der Waals surface area contributed by atoms with Crippen LogP contribution in [0.2, 0.25) is 0 Å². The number of benzene rings is 2. The molecule has 0 saturated carbocycles. The maximum absolute atomic E-state index is 12.2. The monoisotopic (exact) mass is 383 g/mol. The van der Waals surface area contributed by atoms with Gasteiger partial charge in [0, 0.05) is 30.8 Å². The Morgan fingerprint density at radius 2 is 1.71 bits per heavy atom. The number of ether oxygens (including phenoxy) is 1. The van der Waals surface area contributed by atoms with Gasteiger partial charge in [-0.3, -0.25) is 20.4 Å². The standard InChI is InChI=1S/C22H29N3O3/c1-4-25(5-2)19-13-11-18(12-14-19)22(27)24-23-21(26)10-7-15-28-20-9-6-8-17(3)16-20/h6,8-9,11-14,16H,4-5,7,10,15H2,1-3H3,(H,23,26)(H,24,27). The van der Waals surface area contributed by atoms with Gasteiger partial charge in [0.1, 0.15) is 5.75 Å². The van der Waals surface area contributed by atoms with Crippen molar-refractivity contribution in [2.75, 3.05) is 24.6 Å². The lowest BCUT2D eigenvalue weighted by molar-refractivity contribution is -0.122. The molecule has 0 spiro atoms. The number of hydrogen-bond donors (Lipinski definition) is 2. The Bertz CT molecular complexity index is 771. The highest BCUT2D eigenvalue weighted by atomic mass is 16.5. The number of hydrazine groups is 1. The number of nitrogens with zero attached hydrogens (tertiary/aromatic N) is 1. The summed E-state index contributed by atoms with van der Waals surface area (Å²) in [5.74, 6) is 0.207. The normalized spacial score (nSPS) is 10.2. The number of rotatable bonds is 9. The first-order chi connectivity index (χ1) is 13.5. The number of carbonyl (C=O) groups is 2. The summed E-state index contributed by atoms with van der Waals surface area (Å²) in [7, 11) is 0. The van der Waals surface area contributed by atoms with E-state index in [4.69, 9.17) is 4.74 Å². The van der Waals surface area contributed by atoms with Crippen molar-refractivity contribution in [2.24, 2.45) is 0 Å². The van der Waals surface area contributed by atoms with Crippen LogP contribution in [0.3, 0.4) is 0 Å². The van der Waals surface area contributed by atoms with Crippen molar-refractivity contribution in [3.05, 3.63) is 59.7 Å². The second kappa shape index (κ2) is 11.0. The molecule has 0 aliphatic rings. The zero-order chi connectivity index (χ0) is 20.4. The van der Waals surface area contributed by atoms with Crippen molar-refractivity contribution in [1.82, 2.24) is 10.9 Å². The summed E-state index contributed by atoms with van der Waals surface area (Å²) >= 11 is 0. The average molecular weight is 383 g/mol. The average Bonchev–Trinajstić information content (AvgIpc) is 2.71. The second-order valence-corrected chi connectivity index (χ2v) is 6.49. The van der Waals surface area contributed by atoms with Gasteiger partial charge in [-0.1, -0.05) is 12.1 Å². The number of carbonyl (C=O) groups excluding carboxylic acids is 2. The largest absolute Gasteiger partial charge is 0.494 e. The molecule has 0 atom stereocenters. The summed E-state index contributed by atoms with van der Waals surface area (Å²) < 4.78 is 5.61. The molecule has 2 N–H and O–H groups in total. The van der Waals surface area contributed by atoms with Gasteiger partial charge in [0.25, 0.3) is 5.91 Å². The van der Waals surface area contributed by atoms with Gasteiger partial charge < -0.3 is 9.64 Å². The van der Waals surface area contributed by atoms with Crippen LogP contribution in [0.5, 0.6) is 5.75 Å². The Labute approximate surface area is 166 Å². The fourth-order valence-corrected chi connectivity index (χ4v) is 2.80. The Balaban J connectivity index is 1.69. The minimum absolute atomic E-state index is 0.249. The SMILES string of the molecule is CCN(CC)c1ccc(C(=O)NNC(=O)CCCOc2cccc(C)c2)cc1. The number of amides is 2. The molecule has 0 unspecified atom stereocenters. The third-order valence-corrected chi connectivity index (χ3v) is 4.38. The van der Waals surface area contributed by atoms with E-state index in [0.29, 0.717) is 18.6 Å². The topological polar surface area (TPSA) is 70.7 Å². The minimum Gasteiger partial charge on any atom is -0.494 e. The summed E-state index contributed by atoms with van der Waals surface area (Å²) in [6.45, 7) is 8.44. The number of anilines is 1. The van der Waals surface area contributed by atoms with Gasteiger partial charge in [-0.25, -0.2) is 0 Å². The van der Waals surface area contributed by atoms with E-state index in [0.717, 1.165) is 30.1 Å². The Morgan fingerprint density at radius 3 is 2.36 bits per heavy atom. The summed E-state index contributed by atoms with van der Waals surface area (Å²) in [5.41, 5.74) is 7.59. The third kappa shape index (κ3) is 6.61. The molecule has 0 aliphatic heterocycles. The van der Waals surface area contributed by atoms with Gasteiger partial charge in [-0.2, -0.15) is 0 Å². The first kappa shape index (κ1) is 21.3. The molecule has 2 amide bonds. The molecule has 0 radical (unpaired) electrons. The van der Waals surface area contributed by atoms with Gasteiger partial charge in [0.05, 0.1) is 6.61 Å². The molecule has 0 fully saturated rings. The van der Waals surface area contributed by atoms with Crippen LogP contribution in [0.15, 0.2) is 48.5 Å². The third-order valence-electron chi connectivity index (χ3n) is 4.38. The molecule has 0 aromatic heterocycles. The zero-order valence-electron chi connectivity index (χ0n) is 16.8. The van der Waals surface area contributed by atoms with Crippen molar-refractivity contribution in [3.63, 3.8) is 0 Å². The van der Waals surface area contributed by atoms with E-state index >= 15 is 0 Å². The molecular weight excluding hydrogens is 354 g/mol. The maximum atomic E-state index is 12.2. The van der Waals surface area contributed by atoms with Crippen LogP contribution >= 0.6 is 0 Å². The lowest BCUT2D eigenvalue weighted by atomic mass is 10.2. The maximum Gasteiger partial charge on any atom is 0.269 e. The minimum atomic E-state index is -0.338. The van der Waals surface area contributed by atoms with E-state index in [1.54, 1.807) is 12.1 Å². The van der Waals surface area contributed by atoms with Gasteiger partial charge >= 0.3 is 0 Å². The molecule has 2 rings (SSSR count). The molecule has 2 aromatic carbocycles. The zero-order valence-corrected chi connectivity index (χ0v) is 16.8. The fraction of sp³-hybridized carbons (Fsp3) is 0.364. The summed E-state index contributed by atoms with van der Waals surface area (Å²) in [6.07, 6.45) is 0.835. The smallest absolute Gasteiger partial charge is 0.269 e. The van der Waals surface area contributed by atoms with Crippen LogP contribution in [0.1, 0.15) is 42.6 Å². The van der Waals surface area contributed by atoms with Crippen LogP contribution in [0, 0.1) is 6.92 Å². The lowest BCUT2D eigenvalue weighted by Crippen LogP contribution is -2.41. The Morgan fingerprint density at radius 1 is 1.00 bits per heavy atom. The van der Waals surface area contributed by atoms with Crippen LogP contribution in [0.4, 0.5) is 5.69 Å². The molecular formula is C22H29N3O3. The Hall–Kier alpha value is -3.02. The summed E-state index contributed by atoms with van der Waals surface area (Å²) in [4.78, 5) is 26.2. The molecule has 28 heavy (non-hydrogen) atoms. The van der Waals surface area contributed by atoms with E-state index in [1.807, 2.05) is 43.3 Å². The van der Waals surface area contributed by atoms with E-state index in [-0.39, 0.29) is 18.2 Å². The highest BCUT2D eigenvalue weighted by molar-refractivity contribution is 5.95. The van der Waals surface area contributed by atoms with Crippen molar-refractivity contribution in [3.8, 4) is 5.75 Å². The molecule has 2 aromatic rings. The summed E-state index contributed by atoms with van der Waals surface area (Å²) in [6, 6.07) is 15.1. The van der Waals surface area contributed by atoms with Crippen molar-refractivity contribution in [1.29, 1.82) is 0 Å². The number of aryl methyl sites for hydroxylation is 1. The first-order valence-corrected chi connectivity index (χ1v) is 9.67. The molecule has 6 nitrogen and oxygen atoms in total. The molecule has 150 valence electrons. The number of nitrogens with one attached hydrogen (secondary N) is 2. The van der Waals surface area contributed by atoms with E-state index in [2.05, 4.69) is 29.6 Å². The van der Waals surface area contributed by atoms with Crippen molar-refractivity contribution >= 4 is 17.5 Å². The van der Waals surface area contributed by atoms with E-state index < -0.39 is 0 Å². The lowest BCUT2D eigenvalue weighted by Gasteiger charge is -2.21. The van der Waals surface area contributed by atoms with Gasteiger partial charge in [-0.15, -0.1) is 0 Å². The first-order valence-electron chi connectivity index (χ1n) is 9.67. The van der Waals surface area contributed by atoms with E-state index in [1.165, 1.54) is 0 Å². The predicted octanol–water partition coefficient (Wildman–Crippen LogP) is 3.46. The Kier molecular flexibility index (Phi) is 8.34. The van der Waals surface area contributed by atoms with Crippen LogP contribution in [0.25, 0.3) is 0 Å². The highest BCUT2D eigenvalue weighted by Gasteiger charge is 2.09.